The number of benzene rings is 1. The molecule has 12 heteroatoms. The van der Waals surface area contributed by atoms with Gasteiger partial charge in [0.2, 0.25) is 10.0 Å². The van der Waals surface area contributed by atoms with Crippen molar-refractivity contribution in [2.45, 2.75) is 17.9 Å². The number of fused-ring (bicyclic) bond motifs is 1. The Morgan fingerprint density at radius 1 is 1.03 bits per heavy atom. The minimum absolute atomic E-state index is 0.177. The van der Waals surface area contributed by atoms with Crippen LogP contribution >= 0.6 is 0 Å². The van der Waals surface area contributed by atoms with Crippen molar-refractivity contribution in [3.63, 3.8) is 0 Å². The summed E-state index contributed by atoms with van der Waals surface area (Å²) in [5.74, 6) is 0. The fraction of sp³-hybridized carbons (Fsp3) is 0.429. The standard InChI is InChI=1S/C21H25N7O4S/c1-24-15-23-19-18(24)20(29)28(21(30)25(19)2)9-3-8-26-10-12-27(13-11-26)33(31,32)17-6-4-16(14-22)5-7-17/h4-7,15H,3,8-13H2,1-2H3. The van der Waals surface area contributed by atoms with E-state index in [9.17, 15) is 18.0 Å². The lowest BCUT2D eigenvalue weighted by Crippen LogP contribution is -2.49. The Kier molecular flexibility index (Phi) is 6.20. The lowest BCUT2D eigenvalue weighted by molar-refractivity contribution is 0.184. The van der Waals surface area contributed by atoms with Crippen LogP contribution in [0.25, 0.3) is 11.2 Å². The molecule has 1 saturated heterocycles. The zero-order valence-corrected chi connectivity index (χ0v) is 19.3. The van der Waals surface area contributed by atoms with E-state index >= 15 is 0 Å². The highest BCUT2D eigenvalue weighted by Crippen LogP contribution is 2.18. The maximum Gasteiger partial charge on any atom is 0.332 e. The first-order valence-electron chi connectivity index (χ1n) is 10.6. The molecule has 1 aliphatic heterocycles. The highest BCUT2D eigenvalue weighted by Gasteiger charge is 2.28. The third kappa shape index (κ3) is 4.22. The van der Waals surface area contributed by atoms with E-state index < -0.39 is 15.7 Å². The van der Waals surface area contributed by atoms with Crippen LogP contribution in [0.5, 0.6) is 0 Å². The maximum atomic E-state index is 12.9. The number of piperazine rings is 1. The van der Waals surface area contributed by atoms with Crippen LogP contribution in [0.4, 0.5) is 0 Å². The van der Waals surface area contributed by atoms with E-state index in [1.165, 1.54) is 44.0 Å². The molecule has 0 amide bonds. The van der Waals surface area contributed by atoms with E-state index in [0.717, 1.165) is 0 Å². The molecule has 33 heavy (non-hydrogen) atoms. The second-order valence-electron chi connectivity index (χ2n) is 8.06. The van der Waals surface area contributed by atoms with Gasteiger partial charge in [0.25, 0.3) is 5.56 Å². The average molecular weight is 472 g/mol. The summed E-state index contributed by atoms with van der Waals surface area (Å²) in [6.07, 6.45) is 2.10. The molecule has 1 fully saturated rings. The predicted molar refractivity (Wildman–Crippen MR) is 121 cm³/mol. The number of hydrogen-bond donors (Lipinski definition) is 0. The fourth-order valence-electron chi connectivity index (χ4n) is 4.09. The summed E-state index contributed by atoms with van der Waals surface area (Å²) in [5, 5.41) is 8.89. The summed E-state index contributed by atoms with van der Waals surface area (Å²) < 4.78 is 31.4. The molecule has 4 rings (SSSR count). The van der Waals surface area contributed by atoms with Gasteiger partial charge in [0.1, 0.15) is 0 Å². The van der Waals surface area contributed by atoms with Crippen molar-refractivity contribution in [1.82, 2.24) is 27.9 Å². The molecule has 174 valence electrons. The molecule has 11 nitrogen and oxygen atoms in total. The molecule has 0 radical (unpaired) electrons. The van der Waals surface area contributed by atoms with Crippen molar-refractivity contribution in [3.05, 3.63) is 57.0 Å². The van der Waals surface area contributed by atoms with E-state index in [2.05, 4.69) is 9.88 Å². The number of hydrogen-bond acceptors (Lipinski definition) is 7. The van der Waals surface area contributed by atoms with Gasteiger partial charge in [-0.05, 0) is 37.2 Å². The summed E-state index contributed by atoms with van der Waals surface area (Å²) >= 11 is 0. The number of aromatic nitrogens is 4. The first kappa shape index (κ1) is 22.9. The zero-order valence-electron chi connectivity index (χ0n) is 18.5. The Bertz CT molecular complexity index is 1440. The van der Waals surface area contributed by atoms with Crippen molar-refractivity contribution < 1.29 is 8.42 Å². The van der Waals surface area contributed by atoms with Gasteiger partial charge in [-0.1, -0.05) is 0 Å². The van der Waals surface area contributed by atoms with Gasteiger partial charge in [0.05, 0.1) is 22.9 Å². The quantitative estimate of drug-likeness (QED) is 0.483. The van der Waals surface area contributed by atoms with Crippen molar-refractivity contribution in [1.29, 1.82) is 5.26 Å². The second kappa shape index (κ2) is 8.93. The number of imidazole rings is 1. The predicted octanol–water partition coefficient (Wildman–Crippen LogP) is -0.298. The molecule has 0 aliphatic carbocycles. The number of nitriles is 1. The first-order chi connectivity index (χ1) is 15.7. The highest BCUT2D eigenvalue weighted by molar-refractivity contribution is 7.89. The van der Waals surface area contributed by atoms with E-state index in [0.29, 0.717) is 55.9 Å². The number of nitrogens with zero attached hydrogens (tertiary/aromatic N) is 7. The number of aryl methyl sites for hydroxylation is 2. The normalized spacial score (nSPS) is 15.7. The fourth-order valence-corrected chi connectivity index (χ4v) is 5.51. The van der Waals surface area contributed by atoms with E-state index in [-0.39, 0.29) is 17.0 Å². The molecule has 3 aromatic rings. The Balaban J connectivity index is 1.37. The SMILES string of the molecule is Cn1cnc2c1c(=O)n(CCCN1CCN(S(=O)(=O)c3ccc(C#N)cc3)CC1)c(=O)n2C. The minimum atomic E-state index is -3.61. The highest BCUT2D eigenvalue weighted by atomic mass is 32.2. The van der Waals surface area contributed by atoms with Crippen LogP contribution in [0.2, 0.25) is 0 Å². The van der Waals surface area contributed by atoms with Crippen LogP contribution in [-0.2, 0) is 30.7 Å². The van der Waals surface area contributed by atoms with E-state index in [1.807, 2.05) is 6.07 Å². The Morgan fingerprint density at radius 3 is 2.33 bits per heavy atom. The average Bonchev–Trinajstić information content (AvgIpc) is 3.22. The number of sulfonamides is 1. The van der Waals surface area contributed by atoms with Gasteiger partial charge in [-0.25, -0.2) is 18.2 Å². The van der Waals surface area contributed by atoms with Crippen molar-refractivity contribution >= 4 is 21.2 Å². The molecular weight excluding hydrogens is 446 g/mol. The third-order valence-electron chi connectivity index (χ3n) is 6.01. The first-order valence-corrected chi connectivity index (χ1v) is 12.0. The number of rotatable bonds is 6. The molecule has 1 aliphatic rings. The second-order valence-corrected chi connectivity index (χ2v) is 10.00. The van der Waals surface area contributed by atoms with Crippen molar-refractivity contribution in [3.8, 4) is 6.07 Å². The molecule has 0 spiro atoms. The molecule has 0 N–H and O–H groups in total. The smallest absolute Gasteiger partial charge is 0.328 e. The molecule has 0 unspecified atom stereocenters. The van der Waals surface area contributed by atoms with E-state index in [1.54, 1.807) is 18.7 Å². The van der Waals surface area contributed by atoms with Crippen LogP contribution in [0, 0.1) is 11.3 Å². The Hall–Kier alpha value is -3.27. The van der Waals surface area contributed by atoms with Crippen LogP contribution in [-0.4, -0.2) is 69.0 Å². The molecular formula is C21H25N7O4S. The minimum Gasteiger partial charge on any atom is -0.328 e. The Labute approximate surface area is 190 Å². The molecule has 0 saturated carbocycles. The van der Waals surface area contributed by atoms with Gasteiger partial charge >= 0.3 is 5.69 Å². The van der Waals surface area contributed by atoms with Gasteiger partial charge in [-0.2, -0.15) is 9.57 Å². The lowest BCUT2D eigenvalue weighted by atomic mass is 10.2. The van der Waals surface area contributed by atoms with Crippen LogP contribution in [0.15, 0.2) is 45.1 Å². The summed E-state index contributed by atoms with van der Waals surface area (Å²) in [5.41, 5.74) is 0.410. The maximum absolute atomic E-state index is 12.9. The van der Waals surface area contributed by atoms with Crippen LogP contribution in [0.3, 0.4) is 0 Å². The summed E-state index contributed by atoms with van der Waals surface area (Å²) in [6.45, 7) is 2.74. The summed E-state index contributed by atoms with van der Waals surface area (Å²) in [7, 11) is -0.292. The summed E-state index contributed by atoms with van der Waals surface area (Å²) in [4.78, 5) is 31.8. The van der Waals surface area contributed by atoms with Crippen molar-refractivity contribution in [2.75, 3.05) is 32.7 Å². The molecule has 1 aromatic carbocycles. The molecule has 0 atom stereocenters. The monoisotopic (exact) mass is 471 g/mol. The third-order valence-corrected chi connectivity index (χ3v) is 7.92. The van der Waals surface area contributed by atoms with Gasteiger partial charge in [-0.3, -0.25) is 13.9 Å². The Morgan fingerprint density at radius 2 is 1.70 bits per heavy atom. The van der Waals surface area contributed by atoms with Gasteiger partial charge in [0.15, 0.2) is 11.2 Å². The van der Waals surface area contributed by atoms with E-state index in [4.69, 9.17) is 5.26 Å². The van der Waals surface area contributed by atoms with Crippen molar-refractivity contribution in [2.24, 2.45) is 14.1 Å². The topological polar surface area (TPSA) is 126 Å². The van der Waals surface area contributed by atoms with Gasteiger partial charge < -0.3 is 9.47 Å². The molecule has 0 bridgehead atoms. The van der Waals surface area contributed by atoms with Gasteiger partial charge in [-0.15, -0.1) is 0 Å². The zero-order chi connectivity index (χ0) is 23.8. The van der Waals surface area contributed by atoms with Crippen LogP contribution in [0.1, 0.15) is 12.0 Å². The van der Waals surface area contributed by atoms with Crippen LogP contribution < -0.4 is 11.2 Å². The van der Waals surface area contributed by atoms with Gasteiger partial charge in [0, 0.05) is 46.8 Å². The molecule has 3 heterocycles. The lowest BCUT2D eigenvalue weighted by Gasteiger charge is -2.34. The largest absolute Gasteiger partial charge is 0.332 e. The summed E-state index contributed by atoms with van der Waals surface area (Å²) in [6, 6.07) is 7.89. The molecule has 2 aromatic heterocycles.